The summed E-state index contributed by atoms with van der Waals surface area (Å²) in [5, 5.41) is 0. The average Bonchev–Trinajstić information content (AvgIpc) is 2.81. The molecule has 1 unspecified atom stereocenters. The molecule has 3 N–H and O–H groups in total. The van der Waals surface area contributed by atoms with Gasteiger partial charge in [0.1, 0.15) is 11.6 Å². The highest BCUT2D eigenvalue weighted by Gasteiger charge is 2.16. The van der Waals surface area contributed by atoms with Crippen LogP contribution in [0.5, 0.6) is 5.75 Å². The molecule has 19 heavy (non-hydrogen) atoms. The van der Waals surface area contributed by atoms with Crippen LogP contribution in [0.3, 0.4) is 0 Å². The van der Waals surface area contributed by atoms with Gasteiger partial charge in [0.25, 0.3) is 0 Å². The van der Waals surface area contributed by atoms with E-state index in [-0.39, 0.29) is 11.9 Å². The lowest BCUT2D eigenvalue weighted by atomic mass is 10.0. The summed E-state index contributed by atoms with van der Waals surface area (Å²) in [5.41, 5.74) is 3.20. The van der Waals surface area contributed by atoms with E-state index in [0.717, 1.165) is 8.66 Å². The molecule has 0 spiro atoms. The first-order valence-corrected chi connectivity index (χ1v) is 7.28. The first kappa shape index (κ1) is 14.5. The van der Waals surface area contributed by atoms with Gasteiger partial charge in [-0.1, -0.05) is 6.07 Å². The van der Waals surface area contributed by atoms with Crippen molar-refractivity contribution < 1.29 is 9.13 Å². The van der Waals surface area contributed by atoms with Crippen LogP contribution in [0.2, 0.25) is 0 Å². The fourth-order valence-electron chi connectivity index (χ4n) is 1.84. The number of ether oxygens (including phenoxy) is 1. The summed E-state index contributed by atoms with van der Waals surface area (Å²) in [6.45, 7) is 0. The first-order valence-electron chi connectivity index (χ1n) is 5.68. The van der Waals surface area contributed by atoms with Gasteiger partial charge in [-0.25, -0.2) is 4.39 Å². The maximum Gasteiger partial charge on any atom is 0.131 e. The number of halogens is 2. The van der Waals surface area contributed by atoms with E-state index in [1.54, 1.807) is 23.5 Å². The van der Waals surface area contributed by atoms with Crippen molar-refractivity contribution in [2.45, 2.75) is 12.5 Å². The van der Waals surface area contributed by atoms with Crippen LogP contribution in [-0.4, -0.2) is 7.11 Å². The molecule has 6 heteroatoms. The fraction of sp³-hybridized carbons (Fsp3) is 0.231. The average molecular weight is 345 g/mol. The second-order valence-corrected chi connectivity index (χ2v) is 6.56. The minimum atomic E-state index is -0.321. The van der Waals surface area contributed by atoms with E-state index in [2.05, 4.69) is 21.4 Å². The molecule has 0 saturated carbocycles. The molecule has 0 aliphatic rings. The van der Waals surface area contributed by atoms with Gasteiger partial charge in [-0.2, -0.15) is 0 Å². The van der Waals surface area contributed by atoms with Crippen molar-refractivity contribution in [3.63, 3.8) is 0 Å². The Balaban J connectivity index is 2.21. The highest BCUT2D eigenvalue weighted by molar-refractivity contribution is 9.11. The van der Waals surface area contributed by atoms with Crippen LogP contribution in [0.25, 0.3) is 0 Å². The molecule has 0 aliphatic carbocycles. The topological polar surface area (TPSA) is 47.3 Å². The van der Waals surface area contributed by atoms with E-state index in [9.17, 15) is 4.39 Å². The Morgan fingerprint density at radius 3 is 2.74 bits per heavy atom. The molecule has 1 aromatic heterocycles. The predicted octanol–water partition coefficient (Wildman–Crippen LogP) is 3.41. The third-order valence-electron chi connectivity index (χ3n) is 2.82. The smallest absolute Gasteiger partial charge is 0.131 e. The Bertz CT molecular complexity index is 561. The molecule has 1 aromatic carbocycles. The molecule has 2 aromatic rings. The number of thiophene rings is 1. The molecule has 0 saturated heterocycles. The second-order valence-electron chi connectivity index (χ2n) is 4.02. The van der Waals surface area contributed by atoms with Crippen molar-refractivity contribution in [2.75, 3.05) is 7.11 Å². The Hall–Kier alpha value is -0.950. The molecular weight excluding hydrogens is 331 g/mol. The maximum atomic E-state index is 14.0. The molecule has 2 rings (SSSR count). The van der Waals surface area contributed by atoms with E-state index < -0.39 is 0 Å². The Morgan fingerprint density at radius 2 is 2.21 bits per heavy atom. The normalized spacial score (nSPS) is 12.4. The molecule has 1 heterocycles. The van der Waals surface area contributed by atoms with Crippen LogP contribution in [0.1, 0.15) is 16.5 Å². The Labute approximate surface area is 123 Å². The third kappa shape index (κ3) is 3.54. The molecule has 3 nitrogen and oxygen atoms in total. The molecule has 1 atom stereocenters. The quantitative estimate of drug-likeness (QED) is 0.645. The lowest BCUT2D eigenvalue weighted by molar-refractivity contribution is 0.409. The largest absolute Gasteiger partial charge is 0.497 e. The molecule has 0 fully saturated rings. The summed E-state index contributed by atoms with van der Waals surface area (Å²) in [4.78, 5) is 1.13. The predicted molar refractivity (Wildman–Crippen MR) is 78.7 cm³/mol. The van der Waals surface area contributed by atoms with Gasteiger partial charge in [-0.15, -0.1) is 11.3 Å². The number of hydrogen-bond donors (Lipinski definition) is 2. The monoisotopic (exact) mass is 344 g/mol. The maximum absolute atomic E-state index is 14.0. The van der Waals surface area contributed by atoms with Gasteiger partial charge in [-0.05, 0) is 34.1 Å². The van der Waals surface area contributed by atoms with Crippen LogP contribution in [0, 0.1) is 5.82 Å². The molecular formula is C13H14BrFN2OS. The number of benzene rings is 1. The summed E-state index contributed by atoms with van der Waals surface area (Å²) < 4.78 is 20.0. The van der Waals surface area contributed by atoms with Crippen LogP contribution in [0.15, 0.2) is 34.1 Å². The van der Waals surface area contributed by atoms with Crippen LogP contribution in [0.4, 0.5) is 4.39 Å². The number of rotatable bonds is 5. The second kappa shape index (κ2) is 6.47. The number of nitrogens with two attached hydrogens (primary N) is 1. The summed E-state index contributed by atoms with van der Waals surface area (Å²) in [5.74, 6) is 5.72. The molecule has 0 aliphatic heterocycles. The summed E-state index contributed by atoms with van der Waals surface area (Å²) in [7, 11) is 1.51. The first-order chi connectivity index (χ1) is 9.13. The molecule has 0 radical (unpaired) electrons. The third-order valence-corrected chi connectivity index (χ3v) is 4.46. The van der Waals surface area contributed by atoms with Gasteiger partial charge in [-0.3, -0.25) is 11.3 Å². The highest BCUT2D eigenvalue weighted by atomic mass is 79.9. The van der Waals surface area contributed by atoms with Gasteiger partial charge in [0.05, 0.1) is 16.9 Å². The van der Waals surface area contributed by atoms with Crippen LogP contribution < -0.4 is 16.0 Å². The van der Waals surface area contributed by atoms with Gasteiger partial charge in [0.2, 0.25) is 0 Å². The molecule has 102 valence electrons. The number of methoxy groups -OCH3 is 1. The lowest BCUT2D eigenvalue weighted by Gasteiger charge is -2.16. The zero-order valence-electron chi connectivity index (χ0n) is 10.3. The van der Waals surface area contributed by atoms with Crippen molar-refractivity contribution in [3.8, 4) is 5.75 Å². The number of nitrogens with one attached hydrogen (secondary N) is 1. The van der Waals surface area contributed by atoms with E-state index in [0.29, 0.717) is 17.7 Å². The fourth-order valence-corrected chi connectivity index (χ4v) is 3.37. The Morgan fingerprint density at radius 1 is 1.42 bits per heavy atom. The lowest BCUT2D eigenvalue weighted by Crippen LogP contribution is -2.30. The zero-order chi connectivity index (χ0) is 13.8. The van der Waals surface area contributed by atoms with Gasteiger partial charge < -0.3 is 4.74 Å². The van der Waals surface area contributed by atoms with Crippen LogP contribution in [-0.2, 0) is 6.42 Å². The van der Waals surface area contributed by atoms with Crippen molar-refractivity contribution in [1.82, 2.24) is 5.43 Å². The standard InChI is InChI=1S/C13H14BrFN2OS/c1-18-8-2-4-10(11(15)6-8)12(17-16)7-9-3-5-13(14)19-9/h2-6,12,17H,7,16H2,1H3. The van der Waals surface area contributed by atoms with Crippen molar-refractivity contribution in [3.05, 3.63) is 50.4 Å². The van der Waals surface area contributed by atoms with Crippen LogP contribution >= 0.6 is 27.3 Å². The minimum Gasteiger partial charge on any atom is -0.497 e. The van der Waals surface area contributed by atoms with Crippen molar-refractivity contribution in [1.29, 1.82) is 0 Å². The summed E-state index contributed by atoms with van der Waals surface area (Å²) in [6.07, 6.45) is 0.635. The summed E-state index contributed by atoms with van der Waals surface area (Å²) in [6, 6.07) is 8.49. The number of hydrogen-bond acceptors (Lipinski definition) is 4. The van der Waals surface area contributed by atoms with Gasteiger partial charge >= 0.3 is 0 Å². The van der Waals surface area contributed by atoms with Crippen molar-refractivity contribution in [2.24, 2.45) is 5.84 Å². The molecule has 0 amide bonds. The van der Waals surface area contributed by atoms with Crippen molar-refractivity contribution >= 4 is 27.3 Å². The Kier molecular flexibility index (Phi) is 4.93. The summed E-state index contributed by atoms with van der Waals surface area (Å²) >= 11 is 5.02. The van der Waals surface area contributed by atoms with Gasteiger partial charge in [0, 0.05) is 22.9 Å². The van der Waals surface area contributed by atoms with Gasteiger partial charge in [0.15, 0.2) is 0 Å². The number of hydrazine groups is 1. The van der Waals surface area contributed by atoms with E-state index in [1.165, 1.54) is 13.2 Å². The van der Waals surface area contributed by atoms with E-state index in [1.807, 2.05) is 12.1 Å². The SMILES string of the molecule is COc1ccc(C(Cc2ccc(Br)s2)NN)c(F)c1. The molecule has 0 bridgehead atoms. The van der Waals surface area contributed by atoms with E-state index in [4.69, 9.17) is 10.6 Å². The highest BCUT2D eigenvalue weighted by Crippen LogP contribution is 2.28. The minimum absolute atomic E-state index is 0.267. The zero-order valence-corrected chi connectivity index (χ0v) is 12.7. The van der Waals surface area contributed by atoms with E-state index >= 15 is 0 Å².